The fraction of sp³-hybridized carbons (Fsp3) is 0.400. The normalized spacial score (nSPS) is 18.9. The van der Waals surface area contributed by atoms with Gasteiger partial charge in [0.25, 0.3) is 11.5 Å². The number of nitrogens with one attached hydrogen (secondary N) is 2. The molecule has 0 unspecified atom stereocenters. The Labute approximate surface area is 281 Å². The van der Waals surface area contributed by atoms with E-state index in [1.165, 1.54) is 17.7 Å². The van der Waals surface area contributed by atoms with Crippen LogP contribution in [0.25, 0.3) is 11.1 Å². The number of nitrogens with zero attached hydrogens (tertiary/aromatic N) is 1. The molecule has 3 aromatic carbocycles. The number of aryl methyl sites for hydroxylation is 1. The Bertz CT molecular complexity index is 1850. The molecule has 0 bridgehead atoms. The van der Waals surface area contributed by atoms with Gasteiger partial charge in [-0.1, -0.05) is 61.5 Å². The zero-order valence-corrected chi connectivity index (χ0v) is 27.5. The number of hydrogen-bond acceptors (Lipinski definition) is 5. The van der Waals surface area contributed by atoms with Crippen molar-refractivity contribution in [1.29, 1.82) is 0 Å². The van der Waals surface area contributed by atoms with Gasteiger partial charge in [-0.3, -0.25) is 9.59 Å². The van der Waals surface area contributed by atoms with Crippen molar-refractivity contribution < 1.29 is 19.0 Å². The van der Waals surface area contributed by atoms with E-state index in [-0.39, 0.29) is 35.2 Å². The van der Waals surface area contributed by atoms with Crippen molar-refractivity contribution in [2.45, 2.75) is 95.0 Å². The van der Waals surface area contributed by atoms with E-state index in [2.05, 4.69) is 35.8 Å². The van der Waals surface area contributed by atoms with Crippen LogP contribution in [0.2, 0.25) is 0 Å². The third-order valence-electron chi connectivity index (χ3n) is 10.5. The molecule has 7 nitrogen and oxygen atoms in total. The first-order valence-corrected chi connectivity index (χ1v) is 17.4. The van der Waals surface area contributed by atoms with Gasteiger partial charge < -0.3 is 25.0 Å². The first kappa shape index (κ1) is 32.3. The average Bonchev–Trinajstić information content (AvgIpc) is 3.78. The highest BCUT2D eigenvalue weighted by atomic mass is 19.1. The minimum Gasteiger partial charge on any atom is -0.487 e. The largest absolute Gasteiger partial charge is 0.487 e. The Morgan fingerprint density at radius 2 is 1.83 bits per heavy atom. The van der Waals surface area contributed by atoms with Crippen LogP contribution in [0, 0.1) is 5.82 Å². The lowest BCUT2D eigenvalue weighted by Crippen LogP contribution is -2.50. The number of benzene rings is 3. The lowest BCUT2D eigenvalue weighted by Gasteiger charge is -2.41. The summed E-state index contributed by atoms with van der Waals surface area (Å²) in [6.45, 7) is 2.92. The SMILES string of the molecule is CCc1ccc2c(c1)[C@@H](NC[C@@H](O)[C@H](Cc1ccccc1)NC(=O)c1cc(-c3cccc(F)c3)c(=O)n3c1CCC3)CC1(CCCC1)O2. The Morgan fingerprint density at radius 1 is 1.02 bits per heavy atom. The molecule has 1 aromatic heterocycles. The second kappa shape index (κ2) is 13.7. The third kappa shape index (κ3) is 6.56. The molecule has 1 saturated carbocycles. The Balaban J connectivity index is 1.16. The first-order chi connectivity index (χ1) is 23.3. The van der Waals surface area contributed by atoms with Crippen molar-refractivity contribution in [1.82, 2.24) is 15.2 Å². The second-order valence-corrected chi connectivity index (χ2v) is 13.7. The fourth-order valence-corrected chi connectivity index (χ4v) is 7.92. The molecule has 3 N–H and O–H groups in total. The highest BCUT2D eigenvalue weighted by Crippen LogP contribution is 2.47. The molecule has 250 valence electrons. The predicted molar refractivity (Wildman–Crippen MR) is 185 cm³/mol. The fourth-order valence-electron chi connectivity index (χ4n) is 7.92. The second-order valence-electron chi connectivity index (χ2n) is 13.7. The van der Waals surface area contributed by atoms with E-state index in [1.807, 2.05) is 30.3 Å². The average molecular weight is 650 g/mol. The number of rotatable bonds is 10. The lowest BCUT2D eigenvalue weighted by atomic mass is 9.85. The number of aliphatic hydroxyl groups excluding tert-OH is 1. The van der Waals surface area contributed by atoms with Gasteiger partial charge in [0.2, 0.25) is 0 Å². The van der Waals surface area contributed by atoms with Gasteiger partial charge in [0.15, 0.2) is 0 Å². The maximum atomic E-state index is 14.2. The van der Waals surface area contributed by atoms with Crippen molar-refractivity contribution in [3.05, 3.63) is 123 Å². The van der Waals surface area contributed by atoms with E-state index >= 15 is 0 Å². The summed E-state index contributed by atoms with van der Waals surface area (Å²) < 4.78 is 22.4. The van der Waals surface area contributed by atoms with Gasteiger partial charge in [-0.15, -0.1) is 0 Å². The molecule has 1 amide bonds. The summed E-state index contributed by atoms with van der Waals surface area (Å²) >= 11 is 0. The van der Waals surface area contributed by atoms with Crippen LogP contribution >= 0.6 is 0 Å². The summed E-state index contributed by atoms with van der Waals surface area (Å²) in [6.07, 6.45) is 6.98. The molecule has 0 saturated heterocycles. The summed E-state index contributed by atoms with van der Waals surface area (Å²) in [7, 11) is 0. The summed E-state index contributed by atoms with van der Waals surface area (Å²) in [4.78, 5) is 27.6. The summed E-state index contributed by atoms with van der Waals surface area (Å²) in [5.74, 6) is 0.120. The number of aromatic nitrogens is 1. The van der Waals surface area contributed by atoms with Gasteiger partial charge in [-0.25, -0.2) is 4.39 Å². The number of carbonyl (C=O) groups excluding carboxylic acids is 1. The van der Waals surface area contributed by atoms with Crippen molar-refractivity contribution in [3.63, 3.8) is 0 Å². The van der Waals surface area contributed by atoms with Gasteiger partial charge in [-0.05, 0) is 92.3 Å². The molecule has 8 heteroatoms. The summed E-state index contributed by atoms with van der Waals surface area (Å²) in [5, 5.41) is 18.6. The monoisotopic (exact) mass is 649 g/mol. The number of aliphatic hydroxyl groups is 1. The van der Waals surface area contributed by atoms with Gasteiger partial charge in [-0.2, -0.15) is 0 Å². The van der Waals surface area contributed by atoms with Crippen LogP contribution in [0.4, 0.5) is 4.39 Å². The maximum absolute atomic E-state index is 14.2. The Morgan fingerprint density at radius 3 is 2.60 bits per heavy atom. The van der Waals surface area contributed by atoms with Crippen LogP contribution < -0.4 is 20.9 Å². The molecule has 1 fully saturated rings. The molecular formula is C40H44FN3O4. The first-order valence-electron chi connectivity index (χ1n) is 17.4. The highest BCUT2D eigenvalue weighted by Gasteiger charge is 2.43. The number of fused-ring (bicyclic) bond motifs is 2. The highest BCUT2D eigenvalue weighted by molar-refractivity contribution is 5.97. The predicted octanol–water partition coefficient (Wildman–Crippen LogP) is 6.29. The molecule has 4 aromatic rings. The quantitative estimate of drug-likeness (QED) is 0.188. The standard InChI is InChI=1S/C40H44FN3O4/c1-2-26-15-16-37-31(20-26)34(24-40(48-37)17-6-7-18-40)42-25-36(45)33(21-27-10-4-3-5-11-27)43-38(46)32-23-30(28-12-8-13-29(41)22-28)39(47)44-19-9-14-35(32)44/h3-5,8,10-13,15-16,20,22-23,33-34,36,42,45H,2,6-7,9,14,17-19,21,24-25H2,1H3,(H,43,46)/t33-,34-,36+/m0/s1. The number of hydrogen-bond donors (Lipinski definition) is 3. The molecule has 7 rings (SSSR count). The van der Waals surface area contributed by atoms with E-state index in [0.29, 0.717) is 36.2 Å². The zero-order chi connectivity index (χ0) is 33.3. The van der Waals surface area contributed by atoms with E-state index in [0.717, 1.165) is 61.8 Å². The van der Waals surface area contributed by atoms with Crippen LogP contribution in [0.3, 0.4) is 0 Å². The number of halogens is 1. The zero-order valence-electron chi connectivity index (χ0n) is 27.5. The molecule has 3 aliphatic rings. The molecule has 3 atom stereocenters. The Kier molecular flexibility index (Phi) is 9.21. The van der Waals surface area contributed by atoms with Crippen LogP contribution in [0.1, 0.15) is 84.2 Å². The molecule has 3 heterocycles. The summed E-state index contributed by atoms with van der Waals surface area (Å²) in [5.41, 5.74) is 4.73. The van der Waals surface area contributed by atoms with Crippen LogP contribution in [0.15, 0.2) is 83.7 Å². The molecule has 1 aliphatic carbocycles. The topological polar surface area (TPSA) is 92.6 Å². The smallest absolute Gasteiger partial charge is 0.258 e. The third-order valence-corrected chi connectivity index (χ3v) is 10.5. The van der Waals surface area contributed by atoms with Crippen LogP contribution in [0.5, 0.6) is 5.75 Å². The van der Waals surface area contributed by atoms with Gasteiger partial charge in [0, 0.05) is 42.4 Å². The molecule has 0 radical (unpaired) electrons. The molecular weight excluding hydrogens is 605 g/mol. The molecule has 1 spiro atoms. The van der Waals surface area contributed by atoms with Gasteiger partial charge in [0.1, 0.15) is 17.2 Å². The van der Waals surface area contributed by atoms with Crippen molar-refractivity contribution in [3.8, 4) is 16.9 Å². The van der Waals surface area contributed by atoms with Gasteiger partial charge in [0.05, 0.1) is 17.7 Å². The van der Waals surface area contributed by atoms with E-state index < -0.39 is 18.0 Å². The number of carbonyl (C=O) groups is 1. The number of ether oxygens (including phenoxy) is 1. The number of pyridine rings is 1. The minimum atomic E-state index is -0.906. The van der Waals surface area contributed by atoms with Crippen molar-refractivity contribution in [2.24, 2.45) is 0 Å². The van der Waals surface area contributed by atoms with Crippen molar-refractivity contribution >= 4 is 5.91 Å². The van der Waals surface area contributed by atoms with Gasteiger partial charge >= 0.3 is 0 Å². The minimum absolute atomic E-state index is 0.0131. The Hall–Kier alpha value is -4.27. The van der Waals surface area contributed by atoms with Crippen LogP contribution in [-0.2, 0) is 25.8 Å². The molecule has 2 aliphatic heterocycles. The molecule has 48 heavy (non-hydrogen) atoms. The lowest BCUT2D eigenvalue weighted by molar-refractivity contribution is 0.0326. The number of amides is 1. The van der Waals surface area contributed by atoms with E-state index in [9.17, 15) is 19.1 Å². The maximum Gasteiger partial charge on any atom is 0.258 e. The van der Waals surface area contributed by atoms with Crippen LogP contribution in [-0.4, -0.2) is 39.9 Å². The summed E-state index contributed by atoms with van der Waals surface area (Å²) in [6, 6.07) is 23.2. The van der Waals surface area contributed by atoms with Crippen molar-refractivity contribution in [2.75, 3.05) is 6.54 Å². The van der Waals surface area contributed by atoms with E-state index in [4.69, 9.17) is 4.74 Å². The van der Waals surface area contributed by atoms with E-state index in [1.54, 1.807) is 22.8 Å².